The van der Waals surface area contributed by atoms with E-state index in [1.165, 1.54) is 37.3 Å². The summed E-state index contributed by atoms with van der Waals surface area (Å²) >= 11 is 11.8. The number of halogens is 3. The van der Waals surface area contributed by atoms with Gasteiger partial charge in [-0.1, -0.05) is 23.2 Å². The fourth-order valence-electron chi connectivity index (χ4n) is 1.83. The lowest BCUT2D eigenvalue weighted by atomic mass is 10.3. The van der Waals surface area contributed by atoms with Gasteiger partial charge < -0.3 is 14.8 Å². The van der Waals surface area contributed by atoms with Crippen LogP contribution in [-0.4, -0.2) is 29.6 Å². The first-order valence-electron chi connectivity index (χ1n) is 7.47. The molecule has 1 aromatic carbocycles. The second kappa shape index (κ2) is 8.82. The van der Waals surface area contributed by atoms with Crippen molar-refractivity contribution < 1.29 is 23.5 Å². The van der Waals surface area contributed by atoms with E-state index in [4.69, 9.17) is 32.7 Å². The Morgan fingerprint density at radius 2 is 1.88 bits per heavy atom. The van der Waals surface area contributed by atoms with E-state index < -0.39 is 30.4 Å². The highest BCUT2D eigenvalue weighted by Crippen LogP contribution is 2.25. The number of pyridine rings is 1. The van der Waals surface area contributed by atoms with Gasteiger partial charge in [-0.25, -0.2) is 14.2 Å². The van der Waals surface area contributed by atoms with Crippen LogP contribution in [0, 0.1) is 12.7 Å². The summed E-state index contributed by atoms with van der Waals surface area (Å²) in [5.41, 5.74) is 0.490. The van der Waals surface area contributed by atoms with Crippen LogP contribution in [-0.2, 0) is 14.3 Å². The molecule has 1 aromatic heterocycles. The molecule has 1 heterocycles. The molecule has 0 aliphatic carbocycles. The van der Waals surface area contributed by atoms with Gasteiger partial charge in [-0.3, -0.25) is 4.79 Å². The highest BCUT2D eigenvalue weighted by atomic mass is 35.5. The van der Waals surface area contributed by atoms with Crippen molar-refractivity contribution in [3.63, 3.8) is 0 Å². The number of aryl methyl sites for hydroxylation is 1. The number of esters is 1. The van der Waals surface area contributed by atoms with Gasteiger partial charge in [0.2, 0.25) is 0 Å². The summed E-state index contributed by atoms with van der Waals surface area (Å²) in [7, 11) is 0. The largest absolute Gasteiger partial charge is 0.479 e. The molecule has 0 spiro atoms. The third kappa shape index (κ3) is 5.57. The Morgan fingerprint density at radius 3 is 2.54 bits per heavy atom. The zero-order valence-corrected chi connectivity index (χ0v) is 15.4. The van der Waals surface area contributed by atoms with Crippen LogP contribution in [0.15, 0.2) is 30.3 Å². The van der Waals surface area contributed by atoms with Crippen molar-refractivity contribution in [3.8, 4) is 5.75 Å². The standard InChI is InChI=1S/C17H15Cl2FN2O4/c1-9-13(18)7-14(19)16(21-9)22-15(23)8-25-17(24)10(2)26-12-5-3-11(20)4-6-12/h3-7,10H,8H2,1-2H3,(H,21,22,23)/t10-/m1/s1. The van der Waals surface area contributed by atoms with Crippen LogP contribution < -0.4 is 10.1 Å². The Kier molecular flexibility index (Phi) is 6.76. The topological polar surface area (TPSA) is 77.5 Å². The number of nitrogens with zero attached hydrogens (tertiary/aromatic N) is 1. The van der Waals surface area contributed by atoms with E-state index in [2.05, 4.69) is 10.3 Å². The van der Waals surface area contributed by atoms with E-state index in [0.717, 1.165) is 0 Å². The summed E-state index contributed by atoms with van der Waals surface area (Å²) in [6.07, 6.45) is -0.979. The number of amides is 1. The van der Waals surface area contributed by atoms with E-state index in [9.17, 15) is 14.0 Å². The molecule has 0 fully saturated rings. The van der Waals surface area contributed by atoms with Gasteiger partial charge in [0, 0.05) is 0 Å². The number of aromatic nitrogens is 1. The van der Waals surface area contributed by atoms with Gasteiger partial charge in [0.25, 0.3) is 5.91 Å². The molecule has 0 saturated carbocycles. The van der Waals surface area contributed by atoms with E-state index in [-0.39, 0.29) is 10.8 Å². The Bertz CT molecular complexity index is 815. The van der Waals surface area contributed by atoms with Crippen molar-refractivity contribution >= 4 is 40.9 Å². The molecule has 9 heteroatoms. The van der Waals surface area contributed by atoms with Gasteiger partial charge in [0.15, 0.2) is 18.5 Å². The van der Waals surface area contributed by atoms with E-state index >= 15 is 0 Å². The van der Waals surface area contributed by atoms with Gasteiger partial charge in [0.05, 0.1) is 15.7 Å². The molecular weight excluding hydrogens is 386 g/mol. The van der Waals surface area contributed by atoms with E-state index in [1.807, 2.05) is 0 Å². The first kappa shape index (κ1) is 19.9. The summed E-state index contributed by atoms with van der Waals surface area (Å²) in [6, 6.07) is 6.60. The van der Waals surface area contributed by atoms with Crippen LogP contribution in [0.1, 0.15) is 12.6 Å². The van der Waals surface area contributed by atoms with Crippen LogP contribution in [0.2, 0.25) is 10.0 Å². The smallest absolute Gasteiger partial charge is 0.347 e. The quantitative estimate of drug-likeness (QED) is 0.746. The monoisotopic (exact) mass is 400 g/mol. The maximum absolute atomic E-state index is 12.8. The number of rotatable bonds is 6. The van der Waals surface area contributed by atoms with Gasteiger partial charge in [-0.15, -0.1) is 0 Å². The Hall–Kier alpha value is -2.38. The molecular formula is C17H15Cl2FN2O4. The van der Waals surface area contributed by atoms with Crippen molar-refractivity contribution in [2.24, 2.45) is 0 Å². The molecule has 0 aliphatic heterocycles. The predicted octanol–water partition coefficient (Wildman–Crippen LogP) is 3.79. The van der Waals surface area contributed by atoms with Crippen LogP contribution in [0.5, 0.6) is 5.75 Å². The lowest BCUT2D eigenvalue weighted by molar-refractivity contribution is -0.153. The molecule has 2 rings (SSSR count). The molecule has 1 atom stereocenters. The van der Waals surface area contributed by atoms with Crippen LogP contribution in [0.4, 0.5) is 10.2 Å². The summed E-state index contributed by atoms with van der Waals surface area (Å²) < 4.78 is 23.0. The van der Waals surface area contributed by atoms with E-state index in [1.54, 1.807) is 6.92 Å². The third-order valence-electron chi connectivity index (χ3n) is 3.17. The molecule has 2 aromatic rings. The summed E-state index contributed by atoms with van der Waals surface area (Å²) in [4.78, 5) is 27.8. The fourth-order valence-corrected chi connectivity index (χ4v) is 2.24. The average Bonchev–Trinajstić information content (AvgIpc) is 2.59. The molecule has 0 radical (unpaired) electrons. The normalized spacial score (nSPS) is 11.6. The molecule has 0 unspecified atom stereocenters. The molecule has 1 amide bonds. The minimum absolute atomic E-state index is 0.116. The van der Waals surface area contributed by atoms with Gasteiger partial charge in [0.1, 0.15) is 11.6 Å². The number of anilines is 1. The Balaban J connectivity index is 1.85. The molecule has 6 nitrogen and oxygen atoms in total. The maximum atomic E-state index is 12.8. The minimum atomic E-state index is -0.979. The molecule has 0 saturated heterocycles. The van der Waals surface area contributed by atoms with Crippen molar-refractivity contribution in [2.45, 2.75) is 20.0 Å². The summed E-state index contributed by atoms with van der Waals surface area (Å²) in [6.45, 7) is 2.56. The van der Waals surface area contributed by atoms with Crippen molar-refractivity contribution in [1.29, 1.82) is 0 Å². The van der Waals surface area contributed by atoms with Crippen molar-refractivity contribution in [2.75, 3.05) is 11.9 Å². The van der Waals surface area contributed by atoms with Gasteiger partial charge in [-0.2, -0.15) is 0 Å². The fraction of sp³-hybridized carbons (Fsp3) is 0.235. The number of carbonyl (C=O) groups excluding carboxylic acids is 2. The predicted molar refractivity (Wildman–Crippen MR) is 95.1 cm³/mol. The zero-order valence-electron chi connectivity index (χ0n) is 13.9. The SMILES string of the molecule is Cc1nc(NC(=O)COC(=O)[C@@H](C)Oc2ccc(F)cc2)c(Cl)cc1Cl. The van der Waals surface area contributed by atoms with Crippen molar-refractivity contribution in [1.82, 2.24) is 4.98 Å². The number of nitrogens with one attached hydrogen (secondary N) is 1. The molecule has 26 heavy (non-hydrogen) atoms. The maximum Gasteiger partial charge on any atom is 0.347 e. The minimum Gasteiger partial charge on any atom is -0.479 e. The second-order valence-electron chi connectivity index (χ2n) is 5.26. The van der Waals surface area contributed by atoms with Gasteiger partial charge in [-0.05, 0) is 44.2 Å². The van der Waals surface area contributed by atoms with E-state index in [0.29, 0.717) is 16.5 Å². The average molecular weight is 401 g/mol. The first-order valence-corrected chi connectivity index (χ1v) is 8.23. The van der Waals surface area contributed by atoms with Crippen LogP contribution in [0.3, 0.4) is 0 Å². The molecule has 1 N–H and O–H groups in total. The lowest BCUT2D eigenvalue weighted by Crippen LogP contribution is -2.30. The number of ether oxygens (including phenoxy) is 2. The Morgan fingerprint density at radius 1 is 1.23 bits per heavy atom. The number of hydrogen-bond donors (Lipinski definition) is 1. The number of hydrogen-bond acceptors (Lipinski definition) is 5. The highest BCUT2D eigenvalue weighted by Gasteiger charge is 2.18. The number of carbonyl (C=O) groups is 2. The first-order chi connectivity index (χ1) is 12.3. The van der Waals surface area contributed by atoms with Gasteiger partial charge >= 0.3 is 5.97 Å². The van der Waals surface area contributed by atoms with Crippen LogP contribution >= 0.6 is 23.2 Å². The molecule has 0 aliphatic rings. The number of benzene rings is 1. The zero-order chi connectivity index (χ0) is 19.3. The lowest BCUT2D eigenvalue weighted by Gasteiger charge is -2.14. The Labute approximate surface area is 159 Å². The summed E-state index contributed by atoms with van der Waals surface area (Å²) in [5.74, 6) is -1.38. The summed E-state index contributed by atoms with van der Waals surface area (Å²) in [5, 5.41) is 2.96. The second-order valence-corrected chi connectivity index (χ2v) is 6.07. The highest BCUT2D eigenvalue weighted by molar-refractivity contribution is 6.36. The third-order valence-corrected chi connectivity index (χ3v) is 3.84. The molecule has 138 valence electrons. The molecule has 0 bridgehead atoms. The van der Waals surface area contributed by atoms with Crippen LogP contribution in [0.25, 0.3) is 0 Å². The van der Waals surface area contributed by atoms with Crippen molar-refractivity contribution in [3.05, 3.63) is 51.9 Å².